The van der Waals surface area contributed by atoms with Crippen LogP contribution in [0.15, 0.2) is 59.1 Å². The zero-order valence-corrected chi connectivity index (χ0v) is 11.1. The van der Waals surface area contributed by atoms with E-state index >= 15 is 0 Å². The predicted molar refractivity (Wildman–Crippen MR) is 76.2 cm³/mol. The molecule has 0 unspecified atom stereocenters. The lowest BCUT2D eigenvalue weighted by molar-refractivity contribution is 0.569. The molecule has 0 spiro atoms. The van der Waals surface area contributed by atoms with Crippen molar-refractivity contribution in [3.63, 3.8) is 0 Å². The second kappa shape index (κ2) is 5.24. The van der Waals surface area contributed by atoms with Gasteiger partial charge in [-0.1, -0.05) is 12.1 Å². The van der Waals surface area contributed by atoms with Crippen molar-refractivity contribution in [2.24, 2.45) is 0 Å². The molecule has 0 saturated heterocycles. The minimum Gasteiger partial charge on any atom is -0.329 e. The molecule has 0 aliphatic rings. The highest BCUT2D eigenvalue weighted by atomic mass is 32.1. The second-order valence-electron chi connectivity index (χ2n) is 4.15. The third-order valence-corrected chi connectivity index (χ3v) is 3.80. The highest BCUT2D eigenvalue weighted by Gasteiger charge is 2.06. The van der Waals surface area contributed by atoms with Gasteiger partial charge in [-0.25, -0.2) is 4.98 Å². The highest BCUT2D eigenvalue weighted by Crippen LogP contribution is 2.22. The second-order valence-corrected chi connectivity index (χ2v) is 5.10. The van der Waals surface area contributed by atoms with Gasteiger partial charge in [-0.15, -0.1) is 11.3 Å². The Morgan fingerprint density at radius 3 is 2.74 bits per heavy atom. The van der Waals surface area contributed by atoms with Gasteiger partial charge in [0, 0.05) is 37.7 Å². The number of hydrogen-bond donors (Lipinski definition) is 0. The maximum absolute atomic E-state index is 11.6. The number of imidazole rings is 1. The van der Waals surface area contributed by atoms with Gasteiger partial charge >= 0.3 is 0 Å². The van der Waals surface area contributed by atoms with E-state index in [0.29, 0.717) is 6.54 Å². The summed E-state index contributed by atoms with van der Waals surface area (Å²) in [6.45, 7) is 1.38. The Morgan fingerprint density at radius 1 is 1.05 bits per heavy atom. The molecule has 0 N–H and O–H groups in total. The maximum Gasteiger partial charge on any atom is 0.250 e. The molecule has 19 heavy (non-hydrogen) atoms. The zero-order chi connectivity index (χ0) is 13.1. The Kier molecular flexibility index (Phi) is 3.29. The average molecular weight is 271 g/mol. The molecule has 3 rings (SSSR count). The first-order valence-electron chi connectivity index (χ1n) is 6.05. The van der Waals surface area contributed by atoms with Crippen LogP contribution in [0.5, 0.6) is 0 Å². The topological polar surface area (TPSA) is 39.8 Å². The molecule has 3 aromatic rings. The van der Waals surface area contributed by atoms with Crippen molar-refractivity contribution >= 4 is 11.3 Å². The highest BCUT2D eigenvalue weighted by molar-refractivity contribution is 7.13. The Bertz CT molecular complexity index is 712. The summed E-state index contributed by atoms with van der Waals surface area (Å²) in [5.41, 5.74) is 0.0280. The Labute approximate surface area is 114 Å². The number of rotatable bonds is 4. The smallest absolute Gasteiger partial charge is 0.250 e. The molecule has 0 saturated carbocycles. The summed E-state index contributed by atoms with van der Waals surface area (Å²) in [4.78, 5) is 17.2. The Hall–Kier alpha value is -2.14. The van der Waals surface area contributed by atoms with Gasteiger partial charge in [0.05, 0.1) is 4.88 Å². The minimum absolute atomic E-state index is 0.0280. The van der Waals surface area contributed by atoms with Crippen molar-refractivity contribution in [3.8, 4) is 10.7 Å². The minimum atomic E-state index is 0.0280. The molecule has 3 aromatic heterocycles. The van der Waals surface area contributed by atoms with Gasteiger partial charge < -0.3 is 9.13 Å². The molecule has 0 fully saturated rings. The van der Waals surface area contributed by atoms with Crippen molar-refractivity contribution < 1.29 is 0 Å². The van der Waals surface area contributed by atoms with E-state index < -0.39 is 0 Å². The lowest BCUT2D eigenvalue weighted by Gasteiger charge is -2.08. The maximum atomic E-state index is 11.6. The molecule has 4 nitrogen and oxygen atoms in total. The molecule has 0 amide bonds. The van der Waals surface area contributed by atoms with E-state index in [4.69, 9.17) is 0 Å². The molecule has 0 atom stereocenters. The number of aromatic nitrogens is 3. The van der Waals surface area contributed by atoms with Crippen LogP contribution in [0.25, 0.3) is 10.7 Å². The number of pyridine rings is 1. The van der Waals surface area contributed by atoms with Crippen LogP contribution in [0.3, 0.4) is 0 Å². The van der Waals surface area contributed by atoms with Crippen LogP contribution >= 0.6 is 11.3 Å². The number of nitrogens with zero attached hydrogens (tertiary/aromatic N) is 3. The predicted octanol–water partition coefficient (Wildman–Crippen LogP) is 2.47. The molecule has 3 heterocycles. The molecule has 0 aromatic carbocycles. The zero-order valence-electron chi connectivity index (χ0n) is 10.3. The fourth-order valence-corrected chi connectivity index (χ4v) is 2.72. The summed E-state index contributed by atoms with van der Waals surface area (Å²) >= 11 is 1.67. The SMILES string of the molecule is O=c1ccccn1CCn1ccnc1-c1cccs1. The third kappa shape index (κ3) is 2.51. The Morgan fingerprint density at radius 2 is 1.95 bits per heavy atom. The molecule has 0 aliphatic carbocycles. The van der Waals surface area contributed by atoms with E-state index in [0.717, 1.165) is 17.2 Å². The number of aryl methyl sites for hydroxylation is 2. The van der Waals surface area contributed by atoms with Gasteiger partial charge in [0.2, 0.25) is 0 Å². The van der Waals surface area contributed by atoms with Crippen molar-refractivity contribution in [2.75, 3.05) is 0 Å². The first-order valence-corrected chi connectivity index (χ1v) is 6.93. The van der Waals surface area contributed by atoms with E-state index in [1.165, 1.54) is 0 Å². The summed E-state index contributed by atoms with van der Waals surface area (Å²) in [7, 11) is 0. The van der Waals surface area contributed by atoms with E-state index in [2.05, 4.69) is 15.6 Å². The van der Waals surface area contributed by atoms with Crippen molar-refractivity contribution in [3.05, 3.63) is 64.7 Å². The lowest BCUT2D eigenvalue weighted by atomic mass is 10.4. The first kappa shape index (κ1) is 11.9. The standard InChI is InChI=1S/C14H13N3OS/c18-13-5-1-2-7-16(13)9-10-17-8-6-15-14(17)12-4-3-11-19-12/h1-8,11H,9-10H2. The quantitative estimate of drug-likeness (QED) is 0.731. The average Bonchev–Trinajstić information content (AvgIpc) is 3.08. The molecular weight excluding hydrogens is 258 g/mol. The van der Waals surface area contributed by atoms with Crippen LogP contribution in [-0.4, -0.2) is 14.1 Å². The van der Waals surface area contributed by atoms with Crippen molar-refractivity contribution in [2.45, 2.75) is 13.1 Å². The first-order chi connectivity index (χ1) is 9.34. The monoisotopic (exact) mass is 271 g/mol. The summed E-state index contributed by atoms with van der Waals surface area (Å²) in [6.07, 6.45) is 5.55. The summed E-state index contributed by atoms with van der Waals surface area (Å²) in [6, 6.07) is 9.27. The summed E-state index contributed by atoms with van der Waals surface area (Å²) in [5, 5.41) is 2.04. The van der Waals surface area contributed by atoms with Crippen molar-refractivity contribution in [1.82, 2.24) is 14.1 Å². The molecule has 5 heteroatoms. The van der Waals surface area contributed by atoms with Gasteiger partial charge in [0.25, 0.3) is 5.56 Å². The fourth-order valence-electron chi connectivity index (χ4n) is 1.98. The van der Waals surface area contributed by atoms with Gasteiger partial charge in [-0.2, -0.15) is 0 Å². The molecule has 0 bridgehead atoms. The van der Waals surface area contributed by atoms with E-state index in [-0.39, 0.29) is 5.56 Å². The van der Waals surface area contributed by atoms with Crippen LogP contribution in [0.1, 0.15) is 0 Å². The van der Waals surface area contributed by atoms with Gasteiger partial charge in [0.1, 0.15) is 5.82 Å². The molecular formula is C14H13N3OS. The fraction of sp³-hybridized carbons (Fsp3) is 0.143. The normalized spacial score (nSPS) is 10.7. The molecule has 0 aliphatic heterocycles. The van der Waals surface area contributed by atoms with Gasteiger partial charge in [0.15, 0.2) is 0 Å². The van der Waals surface area contributed by atoms with Gasteiger partial charge in [-0.3, -0.25) is 4.79 Å². The van der Waals surface area contributed by atoms with Crippen LogP contribution in [0.4, 0.5) is 0 Å². The lowest BCUT2D eigenvalue weighted by Crippen LogP contribution is -2.20. The Balaban J connectivity index is 1.80. The molecule has 0 radical (unpaired) electrons. The van der Waals surface area contributed by atoms with E-state index in [9.17, 15) is 4.79 Å². The van der Waals surface area contributed by atoms with E-state index in [1.54, 1.807) is 34.2 Å². The number of hydrogen-bond acceptors (Lipinski definition) is 3. The van der Waals surface area contributed by atoms with Crippen LogP contribution < -0.4 is 5.56 Å². The largest absolute Gasteiger partial charge is 0.329 e. The van der Waals surface area contributed by atoms with E-state index in [1.807, 2.05) is 29.9 Å². The van der Waals surface area contributed by atoms with Crippen molar-refractivity contribution in [1.29, 1.82) is 0 Å². The molecule has 96 valence electrons. The summed E-state index contributed by atoms with van der Waals surface area (Å²) in [5.74, 6) is 0.957. The van der Waals surface area contributed by atoms with Crippen LogP contribution in [-0.2, 0) is 13.1 Å². The van der Waals surface area contributed by atoms with Crippen LogP contribution in [0, 0.1) is 0 Å². The number of thiophene rings is 1. The summed E-state index contributed by atoms with van der Waals surface area (Å²) < 4.78 is 3.78. The van der Waals surface area contributed by atoms with Gasteiger partial charge in [-0.05, 0) is 17.5 Å². The van der Waals surface area contributed by atoms with Crippen LogP contribution in [0.2, 0.25) is 0 Å². The third-order valence-electron chi connectivity index (χ3n) is 2.94.